The zero-order valence-electron chi connectivity index (χ0n) is 11.4. The van der Waals surface area contributed by atoms with Gasteiger partial charge < -0.3 is 5.73 Å². The first kappa shape index (κ1) is 12.6. The predicted octanol–water partition coefficient (Wildman–Crippen LogP) is 3.56. The van der Waals surface area contributed by atoms with Gasteiger partial charge in [-0.3, -0.25) is 0 Å². The second-order valence-electron chi connectivity index (χ2n) is 4.84. The van der Waals surface area contributed by atoms with Crippen molar-refractivity contribution < 1.29 is 0 Å². The third-order valence-corrected chi connectivity index (χ3v) is 3.37. The topological polar surface area (TPSA) is 43.8 Å². The Bertz CT molecular complexity index is 699. The van der Waals surface area contributed by atoms with Gasteiger partial charge >= 0.3 is 0 Å². The van der Waals surface area contributed by atoms with Crippen LogP contribution in [0.25, 0.3) is 16.9 Å². The van der Waals surface area contributed by atoms with Crippen molar-refractivity contribution in [3.8, 4) is 16.9 Å². The molecule has 0 saturated heterocycles. The molecule has 1 atom stereocenters. The number of rotatable bonds is 3. The number of benzene rings is 2. The number of hydrogen-bond acceptors (Lipinski definition) is 2. The van der Waals surface area contributed by atoms with Crippen molar-refractivity contribution in [2.75, 3.05) is 0 Å². The zero-order chi connectivity index (χ0) is 13.9. The molecule has 0 radical (unpaired) electrons. The van der Waals surface area contributed by atoms with Crippen LogP contribution >= 0.6 is 0 Å². The van der Waals surface area contributed by atoms with Gasteiger partial charge in [-0.25, -0.2) is 4.68 Å². The molecule has 1 heterocycles. The Kier molecular flexibility index (Phi) is 3.35. The first-order chi connectivity index (χ1) is 9.77. The molecule has 2 aromatic carbocycles. The van der Waals surface area contributed by atoms with E-state index in [9.17, 15) is 0 Å². The van der Waals surface area contributed by atoms with Crippen molar-refractivity contribution >= 4 is 0 Å². The lowest BCUT2D eigenvalue weighted by molar-refractivity contribution is 0.815. The second kappa shape index (κ2) is 5.31. The van der Waals surface area contributed by atoms with Gasteiger partial charge in [0, 0.05) is 11.6 Å². The van der Waals surface area contributed by atoms with Gasteiger partial charge in [0.2, 0.25) is 0 Å². The Morgan fingerprint density at radius 2 is 1.65 bits per heavy atom. The minimum Gasteiger partial charge on any atom is -0.324 e. The summed E-state index contributed by atoms with van der Waals surface area (Å²) in [5.74, 6) is 0. The van der Waals surface area contributed by atoms with E-state index in [-0.39, 0.29) is 6.04 Å². The van der Waals surface area contributed by atoms with E-state index in [1.54, 1.807) is 0 Å². The van der Waals surface area contributed by atoms with Gasteiger partial charge in [0.05, 0.1) is 17.6 Å². The van der Waals surface area contributed by atoms with Crippen LogP contribution in [0, 0.1) is 0 Å². The van der Waals surface area contributed by atoms with Crippen molar-refractivity contribution in [3.63, 3.8) is 0 Å². The molecule has 0 aliphatic heterocycles. The van der Waals surface area contributed by atoms with E-state index < -0.39 is 0 Å². The molecule has 0 aliphatic carbocycles. The minimum atomic E-state index is -0.00896. The van der Waals surface area contributed by atoms with E-state index in [0.717, 1.165) is 22.5 Å². The largest absolute Gasteiger partial charge is 0.324 e. The van der Waals surface area contributed by atoms with Crippen LogP contribution in [-0.2, 0) is 0 Å². The van der Waals surface area contributed by atoms with Gasteiger partial charge in [-0.05, 0) is 30.7 Å². The third kappa shape index (κ3) is 2.24. The standard InChI is InChI=1S/C17H17N3/c1-13(18)15-9-5-6-10-16(15)17-11-12-19-20(17)14-7-3-2-4-8-14/h2-13H,18H2,1H3. The predicted molar refractivity (Wildman–Crippen MR) is 81.6 cm³/mol. The van der Waals surface area contributed by atoms with E-state index in [1.807, 2.05) is 66.3 Å². The fourth-order valence-electron chi connectivity index (χ4n) is 2.41. The molecule has 0 amide bonds. The molecule has 1 unspecified atom stereocenters. The summed E-state index contributed by atoms with van der Waals surface area (Å²) < 4.78 is 1.95. The van der Waals surface area contributed by atoms with Crippen molar-refractivity contribution in [1.82, 2.24) is 9.78 Å². The average Bonchev–Trinajstić information content (AvgIpc) is 2.97. The highest BCUT2D eigenvalue weighted by molar-refractivity contribution is 5.66. The lowest BCUT2D eigenvalue weighted by Gasteiger charge is -2.14. The van der Waals surface area contributed by atoms with Crippen LogP contribution in [0.1, 0.15) is 18.5 Å². The maximum Gasteiger partial charge on any atom is 0.0744 e. The lowest BCUT2D eigenvalue weighted by atomic mass is 9.99. The summed E-state index contributed by atoms with van der Waals surface area (Å²) in [6.45, 7) is 2.00. The Hall–Kier alpha value is -2.39. The van der Waals surface area contributed by atoms with Crippen LogP contribution in [-0.4, -0.2) is 9.78 Å². The molecule has 0 bridgehead atoms. The molecule has 0 spiro atoms. The van der Waals surface area contributed by atoms with E-state index in [1.165, 1.54) is 0 Å². The molecular weight excluding hydrogens is 246 g/mol. The van der Waals surface area contributed by atoms with Gasteiger partial charge in [0.1, 0.15) is 0 Å². The molecule has 3 nitrogen and oxygen atoms in total. The Morgan fingerprint density at radius 1 is 0.950 bits per heavy atom. The molecule has 3 aromatic rings. The molecule has 1 aromatic heterocycles. The van der Waals surface area contributed by atoms with Crippen molar-refractivity contribution in [3.05, 3.63) is 72.4 Å². The van der Waals surface area contributed by atoms with E-state index in [0.29, 0.717) is 0 Å². The molecule has 0 saturated carbocycles. The maximum absolute atomic E-state index is 6.08. The Labute approximate surface area is 118 Å². The van der Waals surface area contributed by atoms with Gasteiger partial charge in [-0.2, -0.15) is 5.10 Å². The van der Waals surface area contributed by atoms with Crippen LogP contribution in [0.2, 0.25) is 0 Å². The number of aromatic nitrogens is 2. The van der Waals surface area contributed by atoms with Crippen LogP contribution < -0.4 is 5.73 Å². The second-order valence-corrected chi connectivity index (χ2v) is 4.84. The molecule has 3 heteroatoms. The fourth-order valence-corrected chi connectivity index (χ4v) is 2.41. The van der Waals surface area contributed by atoms with Gasteiger partial charge in [0.25, 0.3) is 0 Å². The highest BCUT2D eigenvalue weighted by Gasteiger charge is 2.12. The van der Waals surface area contributed by atoms with Crippen LogP contribution in [0.4, 0.5) is 0 Å². The minimum absolute atomic E-state index is 0.00896. The van der Waals surface area contributed by atoms with Crippen molar-refractivity contribution in [2.24, 2.45) is 5.73 Å². The van der Waals surface area contributed by atoms with Gasteiger partial charge in [-0.1, -0.05) is 42.5 Å². The molecule has 3 rings (SSSR count). The summed E-state index contributed by atoms with van der Waals surface area (Å²) in [7, 11) is 0. The lowest BCUT2D eigenvalue weighted by Crippen LogP contribution is -2.08. The van der Waals surface area contributed by atoms with Crippen LogP contribution in [0.3, 0.4) is 0 Å². The number of para-hydroxylation sites is 1. The summed E-state index contributed by atoms with van der Waals surface area (Å²) in [5.41, 5.74) is 10.4. The molecule has 2 N–H and O–H groups in total. The molecule has 0 aliphatic rings. The monoisotopic (exact) mass is 263 g/mol. The Morgan fingerprint density at radius 3 is 2.40 bits per heavy atom. The fraction of sp³-hybridized carbons (Fsp3) is 0.118. The van der Waals surface area contributed by atoms with E-state index in [4.69, 9.17) is 5.73 Å². The number of nitrogens with two attached hydrogens (primary N) is 1. The number of hydrogen-bond donors (Lipinski definition) is 1. The highest BCUT2D eigenvalue weighted by atomic mass is 15.3. The van der Waals surface area contributed by atoms with Crippen LogP contribution in [0.5, 0.6) is 0 Å². The summed E-state index contributed by atoms with van der Waals surface area (Å²) in [6.07, 6.45) is 1.82. The first-order valence-corrected chi connectivity index (χ1v) is 6.71. The normalized spacial score (nSPS) is 12.3. The summed E-state index contributed by atoms with van der Waals surface area (Å²) in [4.78, 5) is 0. The van der Waals surface area contributed by atoms with Crippen molar-refractivity contribution in [2.45, 2.75) is 13.0 Å². The zero-order valence-corrected chi connectivity index (χ0v) is 11.4. The SMILES string of the molecule is CC(N)c1ccccc1-c1ccnn1-c1ccccc1. The van der Waals surface area contributed by atoms with Gasteiger partial charge in [-0.15, -0.1) is 0 Å². The smallest absolute Gasteiger partial charge is 0.0744 e. The first-order valence-electron chi connectivity index (χ1n) is 6.71. The molecule has 0 fully saturated rings. The number of nitrogens with zero attached hydrogens (tertiary/aromatic N) is 2. The summed E-state index contributed by atoms with van der Waals surface area (Å²) in [6, 6.07) is 20.3. The van der Waals surface area contributed by atoms with Crippen LogP contribution in [0.15, 0.2) is 66.9 Å². The summed E-state index contributed by atoms with van der Waals surface area (Å²) >= 11 is 0. The van der Waals surface area contributed by atoms with Crippen molar-refractivity contribution in [1.29, 1.82) is 0 Å². The molecule has 20 heavy (non-hydrogen) atoms. The maximum atomic E-state index is 6.08. The third-order valence-electron chi connectivity index (χ3n) is 3.37. The quantitative estimate of drug-likeness (QED) is 0.785. The van der Waals surface area contributed by atoms with Gasteiger partial charge in [0.15, 0.2) is 0 Å². The highest BCUT2D eigenvalue weighted by Crippen LogP contribution is 2.28. The van der Waals surface area contributed by atoms with E-state index in [2.05, 4.69) is 17.2 Å². The molecule has 100 valence electrons. The Balaban J connectivity index is 2.16. The average molecular weight is 263 g/mol. The molecular formula is C17H17N3. The van der Waals surface area contributed by atoms with E-state index >= 15 is 0 Å². The summed E-state index contributed by atoms with van der Waals surface area (Å²) in [5, 5.41) is 4.44.